The van der Waals surface area contributed by atoms with Crippen molar-refractivity contribution in [2.45, 2.75) is 22.5 Å². The van der Waals surface area contributed by atoms with Crippen LogP contribution in [0.1, 0.15) is 23.2 Å². The number of methoxy groups -OCH3 is 1. The molecule has 2 fully saturated rings. The molecular weight excluding hydrogens is 430 g/mol. The van der Waals surface area contributed by atoms with Gasteiger partial charge in [-0.2, -0.15) is 0 Å². The number of carbonyl (C=O) groups excluding carboxylic acids is 3. The smallest absolute Gasteiger partial charge is 0.337 e. The molecule has 0 aromatic heterocycles. The van der Waals surface area contributed by atoms with Crippen molar-refractivity contribution in [1.82, 2.24) is 0 Å². The lowest BCUT2D eigenvalue weighted by atomic mass is 9.81. The monoisotopic (exact) mass is 443 g/mol. The van der Waals surface area contributed by atoms with Gasteiger partial charge in [-0.05, 0) is 37.1 Å². The van der Waals surface area contributed by atoms with Crippen LogP contribution in [0, 0.1) is 11.8 Å². The fourth-order valence-corrected chi connectivity index (χ4v) is 4.45. The largest absolute Gasteiger partial charge is 0.465 e. The van der Waals surface area contributed by atoms with Gasteiger partial charge in [0.05, 0.1) is 30.2 Å². The summed E-state index contributed by atoms with van der Waals surface area (Å²) >= 11 is 7.13. The Morgan fingerprint density at radius 1 is 1.04 bits per heavy atom. The summed E-state index contributed by atoms with van der Waals surface area (Å²) in [5, 5.41) is 0. The SMILES string of the molecule is COC(=O)c1ccc(N2C(=O)[C@H]3C[C@H](Br)[C@@H](Br)C[C@H]3C2=O)cc1. The van der Waals surface area contributed by atoms with Gasteiger partial charge in [-0.25, -0.2) is 4.79 Å². The zero-order valence-electron chi connectivity index (χ0n) is 12.4. The van der Waals surface area contributed by atoms with E-state index in [0.29, 0.717) is 24.1 Å². The third-order valence-electron chi connectivity index (χ3n) is 4.46. The van der Waals surface area contributed by atoms with Gasteiger partial charge in [0.2, 0.25) is 11.8 Å². The summed E-state index contributed by atoms with van der Waals surface area (Å²) in [6.45, 7) is 0. The third-order valence-corrected chi connectivity index (χ3v) is 7.19. The second kappa shape index (κ2) is 6.36. The molecule has 4 atom stereocenters. The second-order valence-electron chi connectivity index (χ2n) is 5.77. The number of fused-ring (bicyclic) bond motifs is 1. The Balaban J connectivity index is 1.87. The first-order chi connectivity index (χ1) is 10.9. The van der Waals surface area contributed by atoms with E-state index in [1.54, 1.807) is 24.3 Å². The Bertz CT molecular complexity index is 633. The predicted molar refractivity (Wildman–Crippen MR) is 91.9 cm³/mol. The molecule has 0 bridgehead atoms. The van der Waals surface area contributed by atoms with Gasteiger partial charge in [-0.15, -0.1) is 0 Å². The number of imide groups is 1. The summed E-state index contributed by atoms with van der Waals surface area (Å²) in [5.74, 6) is -1.32. The molecule has 0 N–H and O–H groups in total. The minimum Gasteiger partial charge on any atom is -0.465 e. The minimum absolute atomic E-state index is 0.158. The van der Waals surface area contributed by atoms with Gasteiger partial charge in [-0.3, -0.25) is 14.5 Å². The van der Waals surface area contributed by atoms with Crippen LogP contribution in [-0.4, -0.2) is 34.5 Å². The van der Waals surface area contributed by atoms with E-state index in [4.69, 9.17) is 0 Å². The van der Waals surface area contributed by atoms with Crippen LogP contribution in [0.3, 0.4) is 0 Å². The molecule has 1 saturated carbocycles. The van der Waals surface area contributed by atoms with Crippen LogP contribution in [0.5, 0.6) is 0 Å². The molecule has 0 radical (unpaired) electrons. The Hall–Kier alpha value is -1.21. The number of nitrogens with zero attached hydrogens (tertiary/aromatic N) is 1. The van der Waals surface area contributed by atoms with Gasteiger partial charge in [0.15, 0.2) is 0 Å². The van der Waals surface area contributed by atoms with E-state index in [-0.39, 0.29) is 33.3 Å². The molecule has 1 aromatic carbocycles. The predicted octanol–water partition coefficient (Wildman–Crippen LogP) is 2.90. The topological polar surface area (TPSA) is 63.7 Å². The quantitative estimate of drug-likeness (QED) is 0.399. The van der Waals surface area contributed by atoms with Crippen molar-refractivity contribution in [2.75, 3.05) is 12.0 Å². The highest BCUT2D eigenvalue weighted by Gasteiger charge is 2.52. The van der Waals surface area contributed by atoms with Gasteiger partial charge >= 0.3 is 5.97 Å². The Labute approximate surface area is 150 Å². The summed E-state index contributed by atoms with van der Waals surface area (Å²) in [4.78, 5) is 38.4. The molecule has 1 aromatic rings. The molecule has 2 amide bonds. The van der Waals surface area contributed by atoms with Crippen molar-refractivity contribution < 1.29 is 19.1 Å². The highest BCUT2D eigenvalue weighted by atomic mass is 79.9. The van der Waals surface area contributed by atoms with Crippen LogP contribution in [0.2, 0.25) is 0 Å². The molecule has 7 heteroatoms. The van der Waals surface area contributed by atoms with Gasteiger partial charge in [-0.1, -0.05) is 31.9 Å². The maximum absolute atomic E-state index is 12.7. The number of ether oxygens (including phenoxy) is 1. The van der Waals surface area contributed by atoms with E-state index in [1.165, 1.54) is 12.0 Å². The van der Waals surface area contributed by atoms with Crippen LogP contribution >= 0.6 is 31.9 Å². The number of rotatable bonds is 2. The van der Waals surface area contributed by atoms with Crippen molar-refractivity contribution in [3.63, 3.8) is 0 Å². The maximum Gasteiger partial charge on any atom is 0.337 e. The lowest BCUT2D eigenvalue weighted by Crippen LogP contribution is -2.34. The molecule has 3 rings (SSSR count). The first-order valence-corrected chi connectivity index (χ1v) is 9.11. The zero-order chi connectivity index (χ0) is 16.7. The highest BCUT2D eigenvalue weighted by molar-refractivity contribution is 9.12. The second-order valence-corrected chi connectivity index (χ2v) is 8.12. The molecule has 1 saturated heterocycles. The van der Waals surface area contributed by atoms with E-state index < -0.39 is 5.97 Å². The van der Waals surface area contributed by atoms with Crippen molar-refractivity contribution in [1.29, 1.82) is 0 Å². The van der Waals surface area contributed by atoms with E-state index in [9.17, 15) is 14.4 Å². The van der Waals surface area contributed by atoms with Crippen LogP contribution in [0.25, 0.3) is 0 Å². The van der Waals surface area contributed by atoms with E-state index >= 15 is 0 Å². The molecule has 1 aliphatic carbocycles. The van der Waals surface area contributed by atoms with Crippen LogP contribution in [0.15, 0.2) is 24.3 Å². The summed E-state index contributed by atoms with van der Waals surface area (Å²) in [5.41, 5.74) is 0.883. The van der Waals surface area contributed by atoms with Gasteiger partial charge < -0.3 is 4.74 Å². The number of hydrogen-bond acceptors (Lipinski definition) is 4. The van der Waals surface area contributed by atoms with Crippen molar-refractivity contribution in [3.8, 4) is 0 Å². The highest BCUT2D eigenvalue weighted by Crippen LogP contribution is 2.44. The maximum atomic E-state index is 12.7. The van der Waals surface area contributed by atoms with Gasteiger partial charge in [0.25, 0.3) is 0 Å². The van der Waals surface area contributed by atoms with Crippen molar-refractivity contribution in [3.05, 3.63) is 29.8 Å². The lowest BCUT2D eigenvalue weighted by molar-refractivity contribution is -0.122. The molecular formula is C16H15Br2NO4. The fourth-order valence-electron chi connectivity index (χ4n) is 3.21. The molecule has 5 nitrogen and oxygen atoms in total. The minimum atomic E-state index is -0.450. The average molecular weight is 445 g/mol. The number of carbonyl (C=O) groups is 3. The number of hydrogen-bond donors (Lipinski definition) is 0. The normalized spacial score (nSPS) is 30.3. The van der Waals surface area contributed by atoms with E-state index in [2.05, 4.69) is 36.6 Å². The Morgan fingerprint density at radius 2 is 1.52 bits per heavy atom. The zero-order valence-corrected chi connectivity index (χ0v) is 15.5. The molecule has 1 heterocycles. The first kappa shape index (κ1) is 16.6. The molecule has 1 aliphatic heterocycles. The summed E-state index contributed by atoms with van der Waals surface area (Å²) in [7, 11) is 1.31. The standard InChI is InChI=1S/C16H15Br2NO4/c1-23-16(22)8-2-4-9(5-3-8)19-14(20)10-6-12(17)13(18)7-11(10)15(19)21/h2-5,10-13H,6-7H2,1H3/t10-,11+,12-,13-/m0/s1. The molecule has 23 heavy (non-hydrogen) atoms. The summed E-state index contributed by atoms with van der Waals surface area (Å²) in [6.07, 6.45) is 1.28. The number of anilines is 1. The number of alkyl halides is 2. The first-order valence-electron chi connectivity index (χ1n) is 7.28. The Kier molecular flexibility index (Phi) is 4.60. The van der Waals surface area contributed by atoms with Gasteiger partial charge in [0, 0.05) is 9.65 Å². The number of benzene rings is 1. The van der Waals surface area contributed by atoms with E-state index in [1.807, 2.05) is 0 Å². The van der Waals surface area contributed by atoms with Crippen LogP contribution in [-0.2, 0) is 14.3 Å². The van der Waals surface area contributed by atoms with Crippen molar-refractivity contribution in [2.24, 2.45) is 11.8 Å². The average Bonchev–Trinajstić information content (AvgIpc) is 2.78. The van der Waals surface area contributed by atoms with Crippen LogP contribution < -0.4 is 4.90 Å². The molecule has 0 unspecified atom stereocenters. The third kappa shape index (κ3) is 2.85. The van der Waals surface area contributed by atoms with Crippen LogP contribution in [0.4, 0.5) is 5.69 Å². The molecule has 0 spiro atoms. The van der Waals surface area contributed by atoms with E-state index in [0.717, 1.165) is 0 Å². The fraction of sp³-hybridized carbons (Fsp3) is 0.438. The molecule has 2 aliphatic rings. The summed E-state index contributed by atoms with van der Waals surface area (Å²) < 4.78 is 4.65. The summed E-state index contributed by atoms with van der Waals surface area (Å²) in [6, 6.07) is 6.34. The Morgan fingerprint density at radius 3 is 1.96 bits per heavy atom. The number of halogens is 2. The van der Waals surface area contributed by atoms with Gasteiger partial charge in [0.1, 0.15) is 0 Å². The molecule has 122 valence electrons. The number of esters is 1. The van der Waals surface area contributed by atoms with Crippen molar-refractivity contribution >= 4 is 55.3 Å². The number of amides is 2. The lowest BCUT2D eigenvalue weighted by Gasteiger charge is -2.29.